The molecule has 1 aromatic rings. The Hall–Kier alpha value is -2.02. The average molecular weight is 296 g/mol. The van der Waals surface area contributed by atoms with Gasteiger partial charge < -0.3 is 19.7 Å². The smallest absolute Gasteiger partial charge is 0.306 e. The summed E-state index contributed by atoms with van der Waals surface area (Å²) in [5.74, 6) is -1.97. The number of carbonyl (C=O) groups is 2. The molecule has 0 aromatic heterocycles. The van der Waals surface area contributed by atoms with E-state index in [-0.39, 0.29) is 22.0 Å². The van der Waals surface area contributed by atoms with Crippen molar-refractivity contribution in [3.05, 3.63) is 18.2 Å². The molecule has 1 unspecified atom stereocenters. The van der Waals surface area contributed by atoms with Gasteiger partial charge in [0, 0.05) is 0 Å². The van der Waals surface area contributed by atoms with Gasteiger partial charge in [-0.3, -0.25) is 9.59 Å². The second-order valence-corrected chi connectivity index (χ2v) is 5.36. The van der Waals surface area contributed by atoms with Crippen LogP contribution in [0.2, 0.25) is 6.04 Å². The number of benzene rings is 1. The molecule has 0 fully saturated rings. The molecule has 1 aromatic carbocycles. The first-order chi connectivity index (χ1) is 9.49. The Labute approximate surface area is 119 Å². The molecule has 2 radical (unpaired) electrons. The Morgan fingerprint density at radius 3 is 2.45 bits per heavy atom. The van der Waals surface area contributed by atoms with Gasteiger partial charge in [-0.2, -0.15) is 0 Å². The van der Waals surface area contributed by atoms with Crippen LogP contribution in [0.4, 0.5) is 0 Å². The highest BCUT2D eigenvalue weighted by atomic mass is 28.2. The second-order valence-electron chi connectivity index (χ2n) is 4.06. The molecule has 0 aliphatic heterocycles. The van der Waals surface area contributed by atoms with E-state index in [9.17, 15) is 9.59 Å². The van der Waals surface area contributed by atoms with E-state index < -0.39 is 17.9 Å². The molecule has 2 N–H and O–H groups in total. The molecule has 1 rings (SSSR count). The van der Waals surface area contributed by atoms with Crippen LogP contribution in [0.5, 0.6) is 11.5 Å². The summed E-state index contributed by atoms with van der Waals surface area (Å²) >= 11 is 0. The zero-order valence-electron chi connectivity index (χ0n) is 11.3. The van der Waals surface area contributed by atoms with Gasteiger partial charge in [-0.25, -0.2) is 0 Å². The van der Waals surface area contributed by atoms with Crippen molar-refractivity contribution in [2.45, 2.75) is 12.5 Å². The summed E-state index contributed by atoms with van der Waals surface area (Å²) in [6, 6.07) is 5.61. The molecule has 1 atom stereocenters. The fourth-order valence-corrected chi connectivity index (χ4v) is 3.10. The maximum Gasteiger partial charge on any atom is 0.306 e. The molecule has 7 heteroatoms. The van der Waals surface area contributed by atoms with Gasteiger partial charge in [0.1, 0.15) is 0 Å². The van der Waals surface area contributed by atoms with Gasteiger partial charge in [0.15, 0.2) is 11.5 Å². The van der Waals surface area contributed by atoms with Gasteiger partial charge in [0.2, 0.25) is 0 Å². The van der Waals surface area contributed by atoms with Gasteiger partial charge in [-0.1, -0.05) is 12.1 Å². The first kappa shape index (κ1) is 16.0. The molecule has 0 saturated carbocycles. The number of ether oxygens (including phenoxy) is 2. The fourth-order valence-electron chi connectivity index (χ4n) is 1.72. The number of rotatable bonds is 8. The van der Waals surface area contributed by atoms with E-state index in [2.05, 4.69) is 0 Å². The highest BCUT2D eigenvalue weighted by molar-refractivity contribution is 6.55. The molecule has 20 heavy (non-hydrogen) atoms. The minimum Gasteiger partial charge on any atom is -0.493 e. The zero-order valence-corrected chi connectivity index (χ0v) is 12.3. The van der Waals surface area contributed by atoms with Crippen LogP contribution in [0.25, 0.3) is 0 Å². The zero-order chi connectivity index (χ0) is 15.1. The number of methoxy groups -OCH3 is 2. The third-order valence-electron chi connectivity index (χ3n) is 2.71. The molecular weight excluding hydrogens is 280 g/mol. The minimum atomic E-state index is -1.11. The predicted octanol–water partition coefficient (Wildman–Crippen LogP) is 0.627. The lowest BCUT2D eigenvalue weighted by molar-refractivity contribution is -0.147. The van der Waals surface area contributed by atoms with Crippen LogP contribution in [0.15, 0.2) is 18.2 Å². The summed E-state index contributed by atoms with van der Waals surface area (Å²) < 4.78 is 10.4. The fraction of sp³-hybridized carbons (Fsp3) is 0.385. The maximum absolute atomic E-state index is 11.0. The van der Waals surface area contributed by atoms with E-state index >= 15 is 0 Å². The lowest BCUT2D eigenvalue weighted by Gasteiger charge is -2.13. The molecule has 108 valence electrons. The van der Waals surface area contributed by atoms with Crippen molar-refractivity contribution < 1.29 is 29.3 Å². The van der Waals surface area contributed by atoms with E-state index in [0.29, 0.717) is 11.5 Å². The lowest BCUT2D eigenvalue weighted by atomic mass is 10.1. The van der Waals surface area contributed by atoms with Crippen LogP contribution < -0.4 is 14.7 Å². The first-order valence-electron chi connectivity index (χ1n) is 5.89. The number of para-hydroxylation sites is 1. The molecular formula is C13H16O6Si. The van der Waals surface area contributed by atoms with Crippen molar-refractivity contribution in [3.63, 3.8) is 0 Å². The Morgan fingerprint density at radius 1 is 1.25 bits per heavy atom. The van der Waals surface area contributed by atoms with Crippen molar-refractivity contribution >= 4 is 26.6 Å². The maximum atomic E-state index is 11.0. The number of aliphatic carboxylic acids is 2. The molecule has 0 aliphatic carbocycles. The topological polar surface area (TPSA) is 93.1 Å². The highest BCUT2D eigenvalue weighted by Crippen LogP contribution is 2.24. The third-order valence-corrected chi connectivity index (χ3v) is 4.18. The Bertz CT molecular complexity index is 488. The van der Waals surface area contributed by atoms with Crippen molar-refractivity contribution in [1.29, 1.82) is 0 Å². The van der Waals surface area contributed by atoms with Crippen molar-refractivity contribution in [2.24, 2.45) is 5.92 Å². The Kier molecular flexibility index (Phi) is 6.04. The summed E-state index contributed by atoms with van der Waals surface area (Å²) in [4.78, 5) is 21.7. The van der Waals surface area contributed by atoms with Gasteiger partial charge in [-0.15, -0.1) is 0 Å². The van der Waals surface area contributed by atoms with E-state index in [1.54, 1.807) is 12.1 Å². The van der Waals surface area contributed by atoms with Crippen LogP contribution in [-0.4, -0.2) is 45.9 Å². The number of hydrogen-bond donors (Lipinski definition) is 2. The van der Waals surface area contributed by atoms with Gasteiger partial charge >= 0.3 is 11.9 Å². The Morgan fingerprint density at radius 2 is 1.95 bits per heavy atom. The minimum absolute atomic E-state index is 0.133. The van der Waals surface area contributed by atoms with E-state index in [0.717, 1.165) is 5.19 Å². The second kappa shape index (κ2) is 7.54. The van der Waals surface area contributed by atoms with Gasteiger partial charge in [-0.05, 0) is 17.3 Å². The predicted molar refractivity (Wildman–Crippen MR) is 73.1 cm³/mol. The molecule has 0 spiro atoms. The molecule has 0 bridgehead atoms. The summed E-state index contributed by atoms with van der Waals surface area (Å²) in [6.45, 7) is 0. The Balaban J connectivity index is 2.82. The average Bonchev–Trinajstić information content (AvgIpc) is 2.42. The highest BCUT2D eigenvalue weighted by Gasteiger charge is 2.22. The van der Waals surface area contributed by atoms with Crippen LogP contribution in [-0.2, 0) is 9.59 Å². The van der Waals surface area contributed by atoms with Crippen LogP contribution in [0.1, 0.15) is 6.42 Å². The molecule has 6 nitrogen and oxygen atoms in total. The van der Waals surface area contributed by atoms with Crippen LogP contribution >= 0.6 is 0 Å². The summed E-state index contributed by atoms with van der Waals surface area (Å²) in [5.41, 5.74) is 0. The summed E-state index contributed by atoms with van der Waals surface area (Å²) in [6.07, 6.45) is -0.380. The quantitative estimate of drug-likeness (QED) is 0.683. The van der Waals surface area contributed by atoms with Crippen molar-refractivity contribution in [3.8, 4) is 11.5 Å². The summed E-state index contributed by atoms with van der Waals surface area (Å²) in [5, 5.41) is 18.5. The van der Waals surface area contributed by atoms with Crippen LogP contribution in [0.3, 0.4) is 0 Å². The van der Waals surface area contributed by atoms with Crippen molar-refractivity contribution in [2.75, 3.05) is 14.2 Å². The van der Waals surface area contributed by atoms with E-state index in [4.69, 9.17) is 19.7 Å². The van der Waals surface area contributed by atoms with Crippen LogP contribution in [0, 0.1) is 5.92 Å². The number of carboxylic acids is 2. The largest absolute Gasteiger partial charge is 0.493 e. The molecule has 0 heterocycles. The van der Waals surface area contributed by atoms with E-state index in [1.165, 1.54) is 14.2 Å². The first-order valence-corrected chi connectivity index (χ1v) is 7.09. The molecule has 0 amide bonds. The monoisotopic (exact) mass is 296 g/mol. The van der Waals surface area contributed by atoms with Gasteiger partial charge in [0.25, 0.3) is 0 Å². The number of carboxylic acid groups (broad SMARTS) is 2. The number of hydrogen-bond acceptors (Lipinski definition) is 4. The molecule has 0 aliphatic rings. The standard InChI is InChI=1S/C13H16O6Si/c1-18-9-4-3-5-10(12(9)19-2)20-7-8(13(16)17)6-11(14)15/h3-5,8H,6-7H2,1-2H3,(H,14,15)(H,16,17). The summed E-state index contributed by atoms with van der Waals surface area (Å²) in [7, 11) is 3.17. The normalized spacial score (nSPS) is 11.7. The van der Waals surface area contributed by atoms with E-state index in [1.807, 2.05) is 6.07 Å². The SMILES string of the molecule is COc1cccc([Si]CC(CC(=O)O)C(=O)O)c1OC. The lowest BCUT2D eigenvalue weighted by Crippen LogP contribution is -2.25. The van der Waals surface area contributed by atoms with Crippen molar-refractivity contribution in [1.82, 2.24) is 0 Å². The third kappa shape index (κ3) is 4.27. The van der Waals surface area contributed by atoms with Gasteiger partial charge in [0.05, 0.1) is 36.1 Å². The molecule has 0 saturated heterocycles.